The minimum atomic E-state index is 0.0523. The lowest BCUT2D eigenvalue weighted by Gasteiger charge is -2.11. The summed E-state index contributed by atoms with van der Waals surface area (Å²) in [5.41, 5.74) is 2.71. The Labute approximate surface area is 156 Å². The molecule has 1 aromatic heterocycles. The maximum atomic E-state index is 12.6. The van der Waals surface area contributed by atoms with Crippen molar-refractivity contribution in [3.05, 3.63) is 48.0 Å². The van der Waals surface area contributed by atoms with Gasteiger partial charge in [0.2, 0.25) is 6.79 Å². The van der Waals surface area contributed by atoms with E-state index in [1.165, 1.54) is 11.8 Å². The number of hydrogen-bond donors (Lipinski definition) is 0. The van der Waals surface area contributed by atoms with Crippen molar-refractivity contribution in [1.82, 2.24) is 9.55 Å². The number of fused-ring (bicyclic) bond motifs is 2. The number of para-hydroxylation sites is 2. The van der Waals surface area contributed by atoms with Gasteiger partial charge in [-0.15, -0.1) is 0 Å². The molecule has 0 atom stereocenters. The van der Waals surface area contributed by atoms with Crippen LogP contribution in [0.5, 0.6) is 11.5 Å². The summed E-state index contributed by atoms with van der Waals surface area (Å²) in [6.07, 6.45) is 0. The molecule has 1 aliphatic rings. The molecule has 1 aliphatic heterocycles. The number of thioether (sulfide) groups is 1. The molecule has 3 aromatic rings. The van der Waals surface area contributed by atoms with Crippen LogP contribution >= 0.6 is 11.8 Å². The normalized spacial score (nSPS) is 12.9. The zero-order valence-electron chi connectivity index (χ0n) is 14.8. The van der Waals surface area contributed by atoms with Gasteiger partial charge in [-0.05, 0) is 36.2 Å². The molecule has 2 aromatic carbocycles. The number of rotatable bonds is 6. The van der Waals surface area contributed by atoms with E-state index in [0.29, 0.717) is 28.7 Å². The molecule has 0 unspecified atom stereocenters. The number of ether oxygens (including phenoxy) is 2. The summed E-state index contributed by atoms with van der Waals surface area (Å²) in [4.78, 5) is 17.3. The number of benzene rings is 2. The molecule has 4 rings (SSSR count). The molecule has 0 saturated heterocycles. The van der Waals surface area contributed by atoms with E-state index in [-0.39, 0.29) is 12.6 Å². The second-order valence-corrected chi connectivity index (χ2v) is 7.61. The number of ketones is 1. The topological polar surface area (TPSA) is 53.4 Å². The van der Waals surface area contributed by atoms with Crippen LogP contribution in [0.3, 0.4) is 0 Å². The third-order valence-electron chi connectivity index (χ3n) is 4.19. The maximum Gasteiger partial charge on any atom is 0.231 e. The van der Waals surface area contributed by atoms with Crippen molar-refractivity contribution in [1.29, 1.82) is 0 Å². The number of Topliss-reactive ketones (excluding diaryl/α,β-unsaturated/α-hetero) is 1. The monoisotopic (exact) mass is 368 g/mol. The Morgan fingerprint density at radius 1 is 1.19 bits per heavy atom. The molecule has 0 N–H and O–H groups in total. The van der Waals surface area contributed by atoms with Crippen LogP contribution in [-0.4, -0.2) is 27.9 Å². The predicted molar refractivity (Wildman–Crippen MR) is 102 cm³/mol. The molecule has 0 bridgehead atoms. The lowest BCUT2D eigenvalue weighted by molar-refractivity contribution is 0.102. The van der Waals surface area contributed by atoms with Gasteiger partial charge in [-0.3, -0.25) is 4.79 Å². The Balaban J connectivity index is 1.54. The van der Waals surface area contributed by atoms with Gasteiger partial charge < -0.3 is 14.0 Å². The Kier molecular flexibility index (Phi) is 4.59. The fourth-order valence-corrected chi connectivity index (χ4v) is 3.91. The van der Waals surface area contributed by atoms with Gasteiger partial charge in [0.05, 0.1) is 16.8 Å². The van der Waals surface area contributed by atoms with Crippen molar-refractivity contribution in [3.8, 4) is 11.5 Å². The van der Waals surface area contributed by atoms with Crippen molar-refractivity contribution >= 4 is 28.6 Å². The number of aromatic nitrogens is 2. The van der Waals surface area contributed by atoms with E-state index in [0.717, 1.165) is 22.7 Å². The zero-order valence-corrected chi connectivity index (χ0v) is 15.6. The van der Waals surface area contributed by atoms with E-state index in [4.69, 9.17) is 14.5 Å². The van der Waals surface area contributed by atoms with Crippen LogP contribution in [0.2, 0.25) is 0 Å². The molecule has 0 amide bonds. The molecule has 0 saturated carbocycles. The van der Waals surface area contributed by atoms with Crippen molar-refractivity contribution < 1.29 is 14.3 Å². The third kappa shape index (κ3) is 3.29. The molecule has 0 aliphatic carbocycles. The predicted octanol–water partition coefficient (Wildman–Crippen LogP) is 4.40. The van der Waals surface area contributed by atoms with Crippen molar-refractivity contribution in [2.75, 3.05) is 12.5 Å². The van der Waals surface area contributed by atoms with Crippen molar-refractivity contribution in [3.63, 3.8) is 0 Å². The Bertz CT molecular complexity index is 965. The summed E-state index contributed by atoms with van der Waals surface area (Å²) in [7, 11) is 0. The highest BCUT2D eigenvalue weighted by Crippen LogP contribution is 2.33. The molecular formula is C20H20N2O3S. The van der Waals surface area contributed by atoms with Gasteiger partial charge in [-0.2, -0.15) is 0 Å². The molecule has 0 spiro atoms. The quantitative estimate of drug-likeness (QED) is 0.477. The fourth-order valence-electron chi connectivity index (χ4n) is 2.99. The van der Waals surface area contributed by atoms with Crippen LogP contribution in [0.4, 0.5) is 0 Å². The third-order valence-corrected chi connectivity index (χ3v) is 5.17. The summed E-state index contributed by atoms with van der Waals surface area (Å²) >= 11 is 1.48. The van der Waals surface area contributed by atoms with E-state index < -0.39 is 0 Å². The number of imidazole rings is 1. The Morgan fingerprint density at radius 3 is 2.85 bits per heavy atom. The standard InChI is InChI=1S/C20H20N2O3S/c1-13(2)10-22-16-6-4-3-5-15(16)21-20(22)26-11-17(23)14-7-8-18-19(9-14)25-12-24-18/h3-9,13H,10-12H2,1-2H3. The summed E-state index contributed by atoms with van der Waals surface area (Å²) in [5.74, 6) is 2.20. The number of carbonyl (C=O) groups is 1. The van der Waals surface area contributed by atoms with Gasteiger partial charge in [-0.1, -0.05) is 37.7 Å². The largest absolute Gasteiger partial charge is 0.454 e. The van der Waals surface area contributed by atoms with E-state index in [9.17, 15) is 4.79 Å². The van der Waals surface area contributed by atoms with Crippen molar-refractivity contribution in [2.45, 2.75) is 25.5 Å². The van der Waals surface area contributed by atoms with Gasteiger partial charge in [-0.25, -0.2) is 4.98 Å². The molecular weight excluding hydrogens is 348 g/mol. The summed E-state index contributed by atoms with van der Waals surface area (Å²) in [6.45, 7) is 5.45. The van der Waals surface area contributed by atoms with Gasteiger partial charge >= 0.3 is 0 Å². The molecule has 5 nitrogen and oxygen atoms in total. The average Bonchev–Trinajstić information content (AvgIpc) is 3.23. The smallest absolute Gasteiger partial charge is 0.231 e. The number of hydrogen-bond acceptors (Lipinski definition) is 5. The van der Waals surface area contributed by atoms with Gasteiger partial charge in [0.1, 0.15) is 0 Å². The lowest BCUT2D eigenvalue weighted by atomic mass is 10.1. The molecule has 2 heterocycles. The van der Waals surface area contributed by atoms with E-state index in [1.807, 2.05) is 18.2 Å². The summed E-state index contributed by atoms with van der Waals surface area (Å²) in [6, 6.07) is 13.4. The van der Waals surface area contributed by atoms with E-state index in [2.05, 4.69) is 24.5 Å². The van der Waals surface area contributed by atoms with Crippen LogP contribution < -0.4 is 9.47 Å². The minimum Gasteiger partial charge on any atom is -0.454 e. The fraction of sp³-hybridized carbons (Fsp3) is 0.300. The Hall–Kier alpha value is -2.47. The highest BCUT2D eigenvalue weighted by atomic mass is 32.2. The first kappa shape index (κ1) is 17.0. The summed E-state index contributed by atoms with van der Waals surface area (Å²) < 4.78 is 12.9. The molecule has 26 heavy (non-hydrogen) atoms. The lowest BCUT2D eigenvalue weighted by Crippen LogP contribution is -2.08. The van der Waals surface area contributed by atoms with Crippen LogP contribution in [0, 0.1) is 5.92 Å². The van der Waals surface area contributed by atoms with Crippen molar-refractivity contribution in [2.24, 2.45) is 5.92 Å². The molecule has 0 radical (unpaired) electrons. The van der Waals surface area contributed by atoms with Crippen LogP contribution in [-0.2, 0) is 6.54 Å². The van der Waals surface area contributed by atoms with Crippen LogP contribution in [0.25, 0.3) is 11.0 Å². The van der Waals surface area contributed by atoms with Crippen LogP contribution in [0.1, 0.15) is 24.2 Å². The first-order chi connectivity index (χ1) is 12.6. The highest BCUT2D eigenvalue weighted by Gasteiger charge is 2.18. The maximum absolute atomic E-state index is 12.6. The molecule has 134 valence electrons. The molecule has 0 fully saturated rings. The minimum absolute atomic E-state index is 0.0523. The van der Waals surface area contributed by atoms with Gasteiger partial charge in [0.25, 0.3) is 0 Å². The van der Waals surface area contributed by atoms with E-state index in [1.54, 1.807) is 18.2 Å². The number of nitrogens with zero attached hydrogens (tertiary/aromatic N) is 2. The zero-order chi connectivity index (χ0) is 18.1. The average molecular weight is 368 g/mol. The number of carbonyl (C=O) groups excluding carboxylic acids is 1. The van der Waals surface area contributed by atoms with Gasteiger partial charge in [0.15, 0.2) is 22.4 Å². The van der Waals surface area contributed by atoms with Gasteiger partial charge in [0, 0.05) is 12.1 Å². The second kappa shape index (κ2) is 7.03. The van der Waals surface area contributed by atoms with E-state index >= 15 is 0 Å². The molecule has 6 heteroatoms. The first-order valence-corrected chi connectivity index (χ1v) is 9.61. The first-order valence-electron chi connectivity index (χ1n) is 8.63. The summed E-state index contributed by atoms with van der Waals surface area (Å²) in [5, 5.41) is 0.883. The van der Waals surface area contributed by atoms with Crippen LogP contribution in [0.15, 0.2) is 47.6 Å². The highest BCUT2D eigenvalue weighted by molar-refractivity contribution is 7.99. The Morgan fingerprint density at radius 2 is 2.00 bits per heavy atom. The second-order valence-electron chi connectivity index (χ2n) is 6.67. The SMILES string of the molecule is CC(C)Cn1c(SCC(=O)c2ccc3c(c2)OCO3)nc2ccccc21.